The van der Waals surface area contributed by atoms with Gasteiger partial charge in [0.2, 0.25) is 0 Å². The van der Waals surface area contributed by atoms with E-state index in [1.807, 2.05) is 13.8 Å². The Morgan fingerprint density at radius 2 is 1.61 bits per heavy atom. The van der Waals surface area contributed by atoms with Crippen molar-refractivity contribution in [3.8, 4) is 0 Å². The van der Waals surface area contributed by atoms with Crippen LogP contribution in [0.15, 0.2) is 24.3 Å². The Labute approximate surface area is 105 Å². The number of Topliss-reactive ketones (excluding diaryl/α,β-unsaturated/α-hetero) is 1. The molecule has 0 aliphatic carbocycles. The van der Waals surface area contributed by atoms with Gasteiger partial charge in [0.25, 0.3) is 0 Å². The Morgan fingerprint density at radius 3 is 2.00 bits per heavy atom. The fourth-order valence-electron chi connectivity index (χ4n) is 1.90. The maximum atomic E-state index is 12.4. The monoisotopic (exact) mass is 258 g/mol. The second kappa shape index (κ2) is 6.03. The summed E-state index contributed by atoms with van der Waals surface area (Å²) in [7, 11) is 0. The van der Waals surface area contributed by atoms with Gasteiger partial charge in [-0.3, -0.25) is 4.79 Å². The number of halogens is 3. The lowest BCUT2D eigenvalue weighted by Crippen LogP contribution is -2.15. The second-order valence-corrected chi connectivity index (χ2v) is 4.35. The highest BCUT2D eigenvalue weighted by Gasteiger charge is 2.30. The van der Waals surface area contributed by atoms with E-state index in [1.54, 1.807) is 0 Å². The number of rotatable bonds is 5. The van der Waals surface area contributed by atoms with E-state index < -0.39 is 11.7 Å². The third kappa shape index (κ3) is 3.86. The summed E-state index contributed by atoms with van der Waals surface area (Å²) >= 11 is 0. The van der Waals surface area contributed by atoms with Crippen molar-refractivity contribution in [3.63, 3.8) is 0 Å². The van der Waals surface area contributed by atoms with Gasteiger partial charge >= 0.3 is 6.18 Å². The third-order valence-corrected chi connectivity index (χ3v) is 3.10. The molecule has 0 N–H and O–H groups in total. The molecular formula is C14H17F3O. The van der Waals surface area contributed by atoms with Crippen LogP contribution in [-0.4, -0.2) is 5.78 Å². The van der Waals surface area contributed by atoms with Crippen LogP contribution in [0.1, 0.15) is 37.8 Å². The molecule has 0 spiro atoms. The summed E-state index contributed by atoms with van der Waals surface area (Å²) < 4.78 is 37.1. The molecule has 100 valence electrons. The van der Waals surface area contributed by atoms with Crippen LogP contribution < -0.4 is 0 Å². The van der Waals surface area contributed by atoms with Crippen LogP contribution >= 0.6 is 0 Å². The number of ketones is 1. The van der Waals surface area contributed by atoms with Gasteiger partial charge in [-0.25, -0.2) is 0 Å². The number of alkyl halides is 3. The minimum absolute atomic E-state index is 0.00675. The molecule has 0 saturated heterocycles. The maximum absolute atomic E-state index is 12.4. The Hall–Kier alpha value is -1.32. The van der Waals surface area contributed by atoms with Crippen LogP contribution in [0.4, 0.5) is 13.2 Å². The lowest BCUT2D eigenvalue weighted by Gasteiger charge is -2.11. The van der Waals surface area contributed by atoms with Crippen LogP contribution in [0.2, 0.25) is 0 Å². The first-order chi connectivity index (χ1) is 8.38. The smallest absolute Gasteiger partial charge is 0.299 e. The average Bonchev–Trinajstić information content (AvgIpc) is 2.30. The highest BCUT2D eigenvalue weighted by atomic mass is 19.4. The van der Waals surface area contributed by atoms with Gasteiger partial charge in [0.05, 0.1) is 5.56 Å². The zero-order chi connectivity index (χ0) is 13.8. The first kappa shape index (κ1) is 14.7. The molecule has 1 rings (SSSR count). The molecule has 1 nitrogen and oxygen atoms in total. The summed E-state index contributed by atoms with van der Waals surface area (Å²) in [4.78, 5) is 11.8. The van der Waals surface area contributed by atoms with E-state index in [0.717, 1.165) is 25.0 Å². The van der Waals surface area contributed by atoms with Gasteiger partial charge in [-0.05, 0) is 30.5 Å². The molecule has 1 aromatic rings. The molecule has 0 aliphatic heterocycles. The molecule has 0 atom stereocenters. The van der Waals surface area contributed by atoms with Gasteiger partial charge in [-0.1, -0.05) is 26.0 Å². The van der Waals surface area contributed by atoms with Crippen LogP contribution in [-0.2, 0) is 17.4 Å². The molecule has 0 aliphatic rings. The Kier molecular flexibility index (Phi) is 4.93. The van der Waals surface area contributed by atoms with Crippen molar-refractivity contribution in [2.24, 2.45) is 5.92 Å². The number of benzene rings is 1. The van der Waals surface area contributed by atoms with Crippen molar-refractivity contribution >= 4 is 5.78 Å². The molecule has 1 aromatic carbocycles. The van der Waals surface area contributed by atoms with Gasteiger partial charge in [0.15, 0.2) is 0 Å². The van der Waals surface area contributed by atoms with Crippen molar-refractivity contribution in [2.75, 3.05) is 0 Å². The van der Waals surface area contributed by atoms with E-state index in [0.29, 0.717) is 5.56 Å². The molecule has 0 fully saturated rings. The first-order valence-corrected chi connectivity index (χ1v) is 6.07. The molecule has 0 saturated carbocycles. The standard InChI is InChI=1S/C14H17F3O/c1-3-11(4-2)13(18)9-10-5-7-12(8-6-10)14(15,16)17/h5-8,11H,3-4,9H2,1-2H3. The quantitative estimate of drug-likeness (QED) is 0.771. The second-order valence-electron chi connectivity index (χ2n) is 4.35. The largest absolute Gasteiger partial charge is 0.416 e. The van der Waals surface area contributed by atoms with E-state index in [2.05, 4.69) is 0 Å². The van der Waals surface area contributed by atoms with E-state index >= 15 is 0 Å². The molecule has 0 amide bonds. The highest BCUT2D eigenvalue weighted by Crippen LogP contribution is 2.29. The van der Waals surface area contributed by atoms with E-state index in [4.69, 9.17) is 0 Å². The van der Waals surface area contributed by atoms with Crippen LogP contribution in [0.3, 0.4) is 0 Å². The summed E-state index contributed by atoms with van der Waals surface area (Å²) in [5.41, 5.74) is -0.0406. The summed E-state index contributed by atoms with van der Waals surface area (Å²) in [5.74, 6) is 0.104. The number of carbonyl (C=O) groups excluding carboxylic acids is 1. The SMILES string of the molecule is CCC(CC)C(=O)Cc1ccc(C(F)(F)F)cc1. The summed E-state index contributed by atoms with van der Waals surface area (Å²) in [5, 5.41) is 0. The predicted molar refractivity (Wildman–Crippen MR) is 64.2 cm³/mol. The molecule has 4 heteroatoms. The van der Waals surface area contributed by atoms with Gasteiger partial charge in [-0.2, -0.15) is 13.2 Å². The molecule has 0 heterocycles. The molecular weight excluding hydrogens is 241 g/mol. The predicted octanol–water partition coefficient (Wildman–Crippen LogP) is 4.25. The van der Waals surface area contributed by atoms with Crippen LogP contribution in [0, 0.1) is 5.92 Å². The topological polar surface area (TPSA) is 17.1 Å². The van der Waals surface area contributed by atoms with Crippen molar-refractivity contribution in [1.29, 1.82) is 0 Å². The normalized spacial score (nSPS) is 11.9. The van der Waals surface area contributed by atoms with Crippen molar-refractivity contribution < 1.29 is 18.0 Å². The molecule has 18 heavy (non-hydrogen) atoms. The van der Waals surface area contributed by atoms with Gasteiger partial charge in [0.1, 0.15) is 5.78 Å². The number of hydrogen-bond acceptors (Lipinski definition) is 1. The lowest BCUT2D eigenvalue weighted by atomic mass is 9.93. The molecule has 0 bridgehead atoms. The van der Waals surface area contributed by atoms with E-state index in [1.165, 1.54) is 12.1 Å². The van der Waals surface area contributed by atoms with Crippen molar-refractivity contribution in [3.05, 3.63) is 35.4 Å². The third-order valence-electron chi connectivity index (χ3n) is 3.10. The van der Waals surface area contributed by atoms with Gasteiger partial charge < -0.3 is 0 Å². The van der Waals surface area contributed by atoms with Gasteiger partial charge in [-0.15, -0.1) is 0 Å². The van der Waals surface area contributed by atoms with Crippen molar-refractivity contribution in [1.82, 2.24) is 0 Å². The molecule has 0 aromatic heterocycles. The lowest BCUT2D eigenvalue weighted by molar-refractivity contribution is -0.137. The molecule has 0 unspecified atom stereocenters. The minimum Gasteiger partial charge on any atom is -0.299 e. The zero-order valence-electron chi connectivity index (χ0n) is 10.6. The van der Waals surface area contributed by atoms with Crippen molar-refractivity contribution in [2.45, 2.75) is 39.3 Å². The summed E-state index contributed by atoms with van der Waals surface area (Å²) in [6.45, 7) is 3.89. The number of hydrogen-bond donors (Lipinski definition) is 0. The fourth-order valence-corrected chi connectivity index (χ4v) is 1.90. The van der Waals surface area contributed by atoms with E-state index in [-0.39, 0.29) is 18.1 Å². The highest BCUT2D eigenvalue weighted by molar-refractivity contribution is 5.83. The Balaban J connectivity index is 2.72. The number of carbonyl (C=O) groups is 1. The Bertz CT molecular complexity index is 388. The fraction of sp³-hybridized carbons (Fsp3) is 0.500. The maximum Gasteiger partial charge on any atom is 0.416 e. The minimum atomic E-state index is -4.32. The first-order valence-electron chi connectivity index (χ1n) is 6.07. The summed E-state index contributed by atoms with van der Waals surface area (Å²) in [6, 6.07) is 4.80. The summed E-state index contributed by atoms with van der Waals surface area (Å²) in [6.07, 6.45) is -2.56. The molecule has 0 radical (unpaired) electrons. The van der Waals surface area contributed by atoms with Gasteiger partial charge in [0, 0.05) is 12.3 Å². The van der Waals surface area contributed by atoms with Crippen LogP contribution in [0.25, 0.3) is 0 Å². The van der Waals surface area contributed by atoms with E-state index in [9.17, 15) is 18.0 Å². The zero-order valence-corrected chi connectivity index (χ0v) is 10.6. The Morgan fingerprint density at radius 1 is 1.11 bits per heavy atom. The van der Waals surface area contributed by atoms with Crippen LogP contribution in [0.5, 0.6) is 0 Å². The average molecular weight is 258 g/mol.